The number of oxazole rings is 1. The van der Waals surface area contributed by atoms with Crippen LogP contribution in [-0.2, 0) is 27.8 Å². The zero-order valence-electron chi connectivity index (χ0n) is 20.4. The number of hydrogen-bond donors (Lipinski definition) is 5. The Morgan fingerprint density at radius 3 is 2.16 bits per heavy atom. The molecule has 3 rings (SSSR count). The zero-order valence-corrected chi connectivity index (χ0v) is 21.2. The van der Waals surface area contributed by atoms with Gasteiger partial charge in [-0.1, -0.05) is 67.6 Å². The zero-order chi connectivity index (χ0) is 27.0. The second kappa shape index (κ2) is 12.5. The number of sulfonamides is 1. The monoisotopic (exact) mass is 530 g/mol. The number of anilines is 1. The van der Waals surface area contributed by atoms with Gasteiger partial charge in [0.2, 0.25) is 15.9 Å². The molecule has 4 unspecified atom stereocenters. The molecule has 0 spiro atoms. The third-order valence-corrected chi connectivity index (χ3v) is 6.17. The molecule has 4 atom stereocenters. The van der Waals surface area contributed by atoms with Crippen molar-refractivity contribution in [3.05, 3.63) is 83.7 Å². The van der Waals surface area contributed by atoms with Gasteiger partial charge >= 0.3 is 6.01 Å². The molecule has 11 nitrogen and oxygen atoms in total. The van der Waals surface area contributed by atoms with E-state index >= 15 is 0 Å². The fourth-order valence-electron chi connectivity index (χ4n) is 3.59. The Kier molecular flexibility index (Phi) is 9.39. The molecular formula is C25H30N4O7S. The van der Waals surface area contributed by atoms with Gasteiger partial charge in [-0.15, -0.1) is 0 Å². The Bertz CT molecular complexity index is 1280. The average molecular weight is 531 g/mol. The number of aliphatic hydroxyl groups is 2. The standard InChI is InChI=1S/C25H30N4O7S/c1-16(23(32)26-14-18-11-7-4-8-12-18)21(30)22(31)19(13-17-9-5-3-6-10-17)27-24(33)20-15-36-25(28-20)29-37(2,34)35/h3-12,15-16,19,21-22,30-31H,13-14H2,1-2H3,(H,26,32)(H,27,33)(H,28,29). The van der Waals surface area contributed by atoms with Crippen molar-refractivity contribution < 1.29 is 32.6 Å². The quantitative estimate of drug-likeness (QED) is 0.231. The maximum absolute atomic E-state index is 12.8. The lowest BCUT2D eigenvalue weighted by molar-refractivity contribution is -0.131. The van der Waals surface area contributed by atoms with Gasteiger partial charge in [0.1, 0.15) is 12.4 Å². The van der Waals surface area contributed by atoms with Crippen LogP contribution in [0.3, 0.4) is 0 Å². The summed E-state index contributed by atoms with van der Waals surface area (Å²) < 4.78 is 29.7. The van der Waals surface area contributed by atoms with Crippen LogP contribution in [-0.4, -0.2) is 59.9 Å². The number of hydrogen-bond acceptors (Lipinski definition) is 8. The summed E-state index contributed by atoms with van der Waals surface area (Å²) in [7, 11) is -3.67. The Balaban J connectivity index is 1.71. The van der Waals surface area contributed by atoms with Crippen molar-refractivity contribution in [1.29, 1.82) is 0 Å². The SMILES string of the molecule is CC(C(=O)NCc1ccccc1)C(O)C(O)C(Cc1ccccc1)NC(=O)c1coc(NS(C)(=O)=O)n1. The highest BCUT2D eigenvalue weighted by molar-refractivity contribution is 7.91. The normalized spacial score (nSPS) is 14.7. The second-order valence-corrected chi connectivity index (χ2v) is 10.4. The molecule has 2 aromatic carbocycles. The van der Waals surface area contributed by atoms with E-state index in [-0.39, 0.29) is 18.7 Å². The Labute approximate surface area is 215 Å². The van der Waals surface area contributed by atoms with Gasteiger partial charge < -0.3 is 25.3 Å². The van der Waals surface area contributed by atoms with Crippen molar-refractivity contribution in [3.63, 3.8) is 0 Å². The highest BCUT2D eigenvalue weighted by Gasteiger charge is 2.35. The Hall–Kier alpha value is -3.74. The molecule has 12 heteroatoms. The number of nitrogens with zero attached hydrogens (tertiary/aromatic N) is 1. The largest absolute Gasteiger partial charge is 0.431 e. The lowest BCUT2D eigenvalue weighted by atomic mass is 9.90. The van der Waals surface area contributed by atoms with Crippen LogP contribution in [0, 0.1) is 5.92 Å². The van der Waals surface area contributed by atoms with Crippen LogP contribution < -0.4 is 15.4 Å². The van der Waals surface area contributed by atoms with Crippen molar-refractivity contribution in [2.24, 2.45) is 5.92 Å². The molecule has 0 saturated carbocycles. The maximum atomic E-state index is 12.8. The van der Waals surface area contributed by atoms with Gasteiger partial charge in [0.15, 0.2) is 5.69 Å². The van der Waals surface area contributed by atoms with Crippen LogP contribution in [0.2, 0.25) is 0 Å². The van der Waals surface area contributed by atoms with Crippen LogP contribution in [0.5, 0.6) is 0 Å². The molecule has 0 aliphatic heterocycles. The first-order chi connectivity index (χ1) is 17.5. The molecule has 0 aliphatic carbocycles. The van der Waals surface area contributed by atoms with E-state index in [1.165, 1.54) is 6.92 Å². The minimum absolute atomic E-state index is 0.134. The van der Waals surface area contributed by atoms with E-state index in [0.717, 1.165) is 23.6 Å². The van der Waals surface area contributed by atoms with E-state index in [4.69, 9.17) is 4.42 Å². The minimum Gasteiger partial charge on any atom is -0.431 e. The van der Waals surface area contributed by atoms with Gasteiger partial charge in [-0.2, -0.15) is 4.98 Å². The summed E-state index contributed by atoms with van der Waals surface area (Å²) in [5.41, 5.74) is 1.41. The van der Waals surface area contributed by atoms with Crippen LogP contribution in [0.15, 0.2) is 71.3 Å². The third-order valence-electron chi connectivity index (χ3n) is 5.62. The number of benzene rings is 2. The second-order valence-electron chi connectivity index (χ2n) is 8.66. The summed E-state index contributed by atoms with van der Waals surface area (Å²) in [5, 5.41) is 27.2. The van der Waals surface area contributed by atoms with Crippen molar-refractivity contribution in [2.45, 2.75) is 38.1 Å². The van der Waals surface area contributed by atoms with E-state index in [2.05, 4.69) is 15.6 Å². The fourth-order valence-corrected chi connectivity index (χ4v) is 4.00. The van der Waals surface area contributed by atoms with Gasteiger partial charge in [0, 0.05) is 6.54 Å². The highest BCUT2D eigenvalue weighted by atomic mass is 32.2. The van der Waals surface area contributed by atoms with Crippen LogP contribution in [0.4, 0.5) is 6.01 Å². The molecule has 0 fully saturated rings. The Morgan fingerprint density at radius 2 is 1.57 bits per heavy atom. The van der Waals surface area contributed by atoms with E-state index in [1.807, 2.05) is 41.1 Å². The first-order valence-electron chi connectivity index (χ1n) is 11.5. The summed E-state index contributed by atoms with van der Waals surface area (Å²) >= 11 is 0. The summed E-state index contributed by atoms with van der Waals surface area (Å²) in [5.74, 6) is -2.22. The molecule has 1 aromatic heterocycles. The smallest absolute Gasteiger partial charge is 0.309 e. The lowest BCUT2D eigenvalue weighted by Crippen LogP contribution is -2.53. The summed E-state index contributed by atoms with van der Waals surface area (Å²) in [6, 6.07) is 16.8. The molecule has 1 heterocycles. The summed E-state index contributed by atoms with van der Waals surface area (Å²) in [6.45, 7) is 1.74. The van der Waals surface area contributed by atoms with E-state index in [9.17, 15) is 28.2 Å². The van der Waals surface area contributed by atoms with E-state index in [0.29, 0.717) is 0 Å². The molecule has 2 amide bonds. The third kappa shape index (κ3) is 8.41. The van der Waals surface area contributed by atoms with E-state index in [1.54, 1.807) is 24.3 Å². The first-order valence-corrected chi connectivity index (χ1v) is 13.4. The fraction of sp³-hybridized carbons (Fsp3) is 0.320. The van der Waals surface area contributed by atoms with Crippen LogP contribution in [0.1, 0.15) is 28.5 Å². The predicted molar refractivity (Wildman–Crippen MR) is 136 cm³/mol. The number of carbonyl (C=O) groups is 2. The van der Waals surface area contributed by atoms with E-state index < -0.39 is 52.0 Å². The predicted octanol–water partition coefficient (Wildman–Crippen LogP) is 1.06. The summed E-state index contributed by atoms with van der Waals surface area (Å²) in [4.78, 5) is 29.3. The molecule has 37 heavy (non-hydrogen) atoms. The number of aromatic nitrogens is 1. The van der Waals surface area contributed by atoms with Gasteiger partial charge in [0.05, 0.1) is 24.3 Å². The molecule has 5 N–H and O–H groups in total. The summed E-state index contributed by atoms with van der Waals surface area (Å²) in [6.07, 6.45) is -1.03. The van der Waals surface area contributed by atoms with Crippen molar-refractivity contribution in [3.8, 4) is 0 Å². The highest BCUT2D eigenvalue weighted by Crippen LogP contribution is 2.17. The first kappa shape index (κ1) is 27.8. The maximum Gasteiger partial charge on any atom is 0.309 e. The lowest BCUT2D eigenvalue weighted by Gasteiger charge is -2.30. The van der Waals surface area contributed by atoms with Crippen LogP contribution in [0.25, 0.3) is 0 Å². The molecule has 0 bridgehead atoms. The Morgan fingerprint density at radius 1 is 0.973 bits per heavy atom. The number of rotatable bonds is 12. The molecule has 0 aliphatic rings. The molecule has 0 saturated heterocycles. The van der Waals surface area contributed by atoms with Gasteiger partial charge in [0.25, 0.3) is 5.91 Å². The number of carbonyl (C=O) groups excluding carboxylic acids is 2. The van der Waals surface area contributed by atoms with Gasteiger partial charge in [-0.05, 0) is 17.5 Å². The number of nitrogens with one attached hydrogen (secondary N) is 3. The van der Waals surface area contributed by atoms with Crippen LogP contribution >= 0.6 is 0 Å². The molecule has 198 valence electrons. The van der Waals surface area contributed by atoms with Crippen molar-refractivity contribution >= 4 is 27.9 Å². The molecule has 3 aromatic rings. The minimum atomic E-state index is -3.67. The average Bonchev–Trinajstić information content (AvgIpc) is 3.33. The topological polar surface area (TPSA) is 171 Å². The molecule has 0 radical (unpaired) electrons. The van der Waals surface area contributed by atoms with Gasteiger partial charge in [-0.3, -0.25) is 9.59 Å². The van der Waals surface area contributed by atoms with Gasteiger partial charge in [-0.25, -0.2) is 13.1 Å². The van der Waals surface area contributed by atoms with Crippen molar-refractivity contribution in [1.82, 2.24) is 15.6 Å². The van der Waals surface area contributed by atoms with Crippen molar-refractivity contribution in [2.75, 3.05) is 11.0 Å². The molecular weight excluding hydrogens is 500 g/mol. The number of aliphatic hydroxyl groups excluding tert-OH is 2. The number of amides is 2.